The van der Waals surface area contributed by atoms with Gasteiger partial charge in [0.1, 0.15) is 0 Å². The van der Waals surface area contributed by atoms with Crippen molar-refractivity contribution in [2.75, 3.05) is 5.75 Å². The van der Waals surface area contributed by atoms with Crippen LogP contribution in [0.5, 0.6) is 0 Å². The third-order valence-electron chi connectivity index (χ3n) is 3.57. The molecular formula is C18H23NO2S. The quantitative estimate of drug-likeness (QED) is 0.807. The fraction of sp³-hybridized carbons (Fsp3) is 0.333. The molecule has 0 aromatic heterocycles. The van der Waals surface area contributed by atoms with E-state index in [1.54, 1.807) is 0 Å². The van der Waals surface area contributed by atoms with Crippen molar-refractivity contribution in [3.63, 3.8) is 0 Å². The molecule has 118 valence electrons. The Morgan fingerprint density at radius 3 is 2.14 bits per heavy atom. The van der Waals surface area contributed by atoms with Crippen LogP contribution in [0.25, 0.3) is 0 Å². The highest BCUT2D eigenvalue weighted by molar-refractivity contribution is 7.89. The smallest absolute Gasteiger partial charge is 0.212 e. The average Bonchev–Trinajstić information content (AvgIpc) is 2.54. The molecule has 2 rings (SSSR count). The van der Waals surface area contributed by atoms with Crippen LogP contribution in [0.2, 0.25) is 0 Å². The van der Waals surface area contributed by atoms with Gasteiger partial charge in [-0.1, -0.05) is 74.0 Å². The SMILES string of the molecule is CCCCS(=O)(=O)NC(Cc1ccccc1)c1ccccc1. The molecule has 0 amide bonds. The van der Waals surface area contributed by atoms with E-state index in [2.05, 4.69) is 4.72 Å². The zero-order valence-electron chi connectivity index (χ0n) is 12.9. The Labute approximate surface area is 133 Å². The van der Waals surface area contributed by atoms with Crippen LogP contribution < -0.4 is 4.72 Å². The average molecular weight is 317 g/mol. The van der Waals surface area contributed by atoms with Crippen molar-refractivity contribution < 1.29 is 8.42 Å². The normalized spacial score (nSPS) is 13.0. The van der Waals surface area contributed by atoms with E-state index in [-0.39, 0.29) is 11.8 Å². The Morgan fingerprint density at radius 1 is 0.955 bits per heavy atom. The first kappa shape index (κ1) is 16.7. The molecule has 0 aliphatic carbocycles. The molecular weight excluding hydrogens is 294 g/mol. The van der Waals surface area contributed by atoms with Gasteiger partial charge in [0.15, 0.2) is 0 Å². The Balaban J connectivity index is 2.19. The minimum absolute atomic E-state index is 0.182. The summed E-state index contributed by atoms with van der Waals surface area (Å²) in [5.74, 6) is 0.182. The van der Waals surface area contributed by atoms with Crippen LogP contribution in [0, 0.1) is 0 Å². The third kappa shape index (κ3) is 5.28. The molecule has 3 nitrogen and oxygen atoms in total. The van der Waals surface area contributed by atoms with Gasteiger partial charge in [-0.25, -0.2) is 13.1 Å². The maximum atomic E-state index is 12.3. The summed E-state index contributed by atoms with van der Waals surface area (Å²) in [6, 6.07) is 19.5. The molecule has 0 radical (unpaired) electrons. The second kappa shape index (κ2) is 8.11. The molecule has 0 saturated carbocycles. The lowest BCUT2D eigenvalue weighted by Crippen LogP contribution is -2.32. The predicted molar refractivity (Wildman–Crippen MR) is 91.2 cm³/mol. The summed E-state index contributed by atoms with van der Waals surface area (Å²) in [5.41, 5.74) is 2.11. The van der Waals surface area contributed by atoms with E-state index in [1.165, 1.54) is 0 Å². The monoisotopic (exact) mass is 317 g/mol. The van der Waals surface area contributed by atoms with Crippen LogP contribution in [0.3, 0.4) is 0 Å². The van der Waals surface area contributed by atoms with Gasteiger partial charge in [0.05, 0.1) is 11.8 Å². The molecule has 22 heavy (non-hydrogen) atoms. The lowest BCUT2D eigenvalue weighted by atomic mass is 10.00. The molecule has 0 fully saturated rings. The van der Waals surface area contributed by atoms with Gasteiger partial charge in [-0.05, 0) is 24.0 Å². The summed E-state index contributed by atoms with van der Waals surface area (Å²) in [7, 11) is -3.26. The molecule has 4 heteroatoms. The van der Waals surface area contributed by atoms with Crippen LogP contribution >= 0.6 is 0 Å². The van der Waals surface area contributed by atoms with Crippen LogP contribution in [0.15, 0.2) is 60.7 Å². The van der Waals surface area contributed by atoms with Crippen molar-refractivity contribution >= 4 is 10.0 Å². The second-order valence-electron chi connectivity index (χ2n) is 5.44. The van der Waals surface area contributed by atoms with Crippen molar-refractivity contribution in [2.24, 2.45) is 0 Å². The number of benzene rings is 2. The van der Waals surface area contributed by atoms with Gasteiger partial charge in [0.2, 0.25) is 10.0 Å². The minimum atomic E-state index is -3.26. The van der Waals surface area contributed by atoms with Crippen LogP contribution in [-0.2, 0) is 16.4 Å². The van der Waals surface area contributed by atoms with Gasteiger partial charge in [0.25, 0.3) is 0 Å². The third-order valence-corrected chi connectivity index (χ3v) is 5.04. The van der Waals surface area contributed by atoms with E-state index < -0.39 is 10.0 Å². The van der Waals surface area contributed by atoms with E-state index in [0.717, 1.165) is 17.5 Å². The van der Waals surface area contributed by atoms with Gasteiger partial charge in [0, 0.05) is 0 Å². The van der Waals surface area contributed by atoms with E-state index >= 15 is 0 Å². The van der Waals surface area contributed by atoms with Gasteiger partial charge in [-0.3, -0.25) is 0 Å². The molecule has 1 unspecified atom stereocenters. The molecule has 0 bridgehead atoms. The topological polar surface area (TPSA) is 46.2 Å². The number of nitrogens with one attached hydrogen (secondary N) is 1. The maximum absolute atomic E-state index is 12.3. The predicted octanol–water partition coefficient (Wildman–Crippen LogP) is 3.69. The molecule has 1 N–H and O–H groups in total. The van der Waals surface area contributed by atoms with Gasteiger partial charge in [-0.2, -0.15) is 0 Å². The van der Waals surface area contributed by atoms with Crippen molar-refractivity contribution in [3.05, 3.63) is 71.8 Å². The minimum Gasteiger partial charge on any atom is -0.212 e. The van der Waals surface area contributed by atoms with E-state index in [1.807, 2.05) is 67.6 Å². The van der Waals surface area contributed by atoms with Gasteiger partial charge >= 0.3 is 0 Å². The molecule has 2 aromatic rings. The maximum Gasteiger partial charge on any atom is 0.212 e. The summed E-state index contributed by atoms with van der Waals surface area (Å²) in [5, 5.41) is 0. The Hall–Kier alpha value is -1.65. The summed E-state index contributed by atoms with van der Waals surface area (Å²) in [6.45, 7) is 1.99. The number of hydrogen-bond donors (Lipinski definition) is 1. The molecule has 0 aliphatic heterocycles. The van der Waals surface area contributed by atoms with E-state index in [4.69, 9.17) is 0 Å². The molecule has 0 aliphatic rings. The molecule has 0 saturated heterocycles. The number of hydrogen-bond acceptors (Lipinski definition) is 2. The number of unbranched alkanes of at least 4 members (excludes halogenated alkanes) is 1. The zero-order chi connectivity index (χ0) is 15.8. The Bertz CT molecular complexity index is 654. The highest BCUT2D eigenvalue weighted by Gasteiger charge is 2.19. The summed E-state index contributed by atoms with van der Waals surface area (Å²) in [6.07, 6.45) is 2.20. The van der Waals surface area contributed by atoms with Gasteiger partial charge < -0.3 is 0 Å². The van der Waals surface area contributed by atoms with Crippen molar-refractivity contribution in [1.82, 2.24) is 4.72 Å². The van der Waals surface area contributed by atoms with Gasteiger partial charge in [-0.15, -0.1) is 0 Å². The second-order valence-corrected chi connectivity index (χ2v) is 7.32. The number of rotatable bonds is 8. The van der Waals surface area contributed by atoms with Crippen LogP contribution in [0.1, 0.15) is 36.9 Å². The fourth-order valence-electron chi connectivity index (χ4n) is 2.37. The first-order valence-electron chi connectivity index (χ1n) is 7.69. The zero-order valence-corrected chi connectivity index (χ0v) is 13.7. The van der Waals surface area contributed by atoms with Crippen molar-refractivity contribution in [1.29, 1.82) is 0 Å². The lowest BCUT2D eigenvalue weighted by molar-refractivity contribution is 0.552. The largest absolute Gasteiger partial charge is 0.212 e. The van der Waals surface area contributed by atoms with E-state index in [9.17, 15) is 8.42 Å². The summed E-state index contributed by atoms with van der Waals surface area (Å²) in [4.78, 5) is 0. The van der Waals surface area contributed by atoms with Crippen molar-refractivity contribution in [3.8, 4) is 0 Å². The molecule has 0 heterocycles. The Kier molecular flexibility index (Phi) is 6.16. The van der Waals surface area contributed by atoms with Crippen LogP contribution in [0.4, 0.5) is 0 Å². The number of sulfonamides is 1. The van der Waals surface area contributed by atoms with Crippen LogP contribution in [-0.4, -0.2) is 14.2 Å². The van der Waals surface area contributed by atoms with Crippen molar-refractivity contribution in [2.45, 2.75) is 32.2 Å². The Morgan fingerprint density at radius 2 is 1.55 bits per heavy atom. The highest BCUT2D eigenvalue weighted by atomic mass is 32.2. The standard InChI is InChI=1S/C18H23NO2S/c1-2-3-14-22(20,21)19-18(17-12-8-5-9-13-17)15-16-10-6-4-7-11-16/h4-13,18-19H,2-3,14-15H2,1H3. The molecule has 0 spiro atoms. The lowest BCUT2D eigenvalue weighted by Gasteiger charge is -2.19. The molecule has 2 aromatic carbocycles. The van der Waals surface area contributed by atoms with E-state index in [0.29, 0.717) is 12.8 Å². The fourth-order valence-corrected chi connectivity index (χ4v) is 3.81. The summed E-state index contributed by atoms with van der Waals surface area (Å²) >= 11 is 0. The highest BCUT2D eigenvalue weighted by Crippen LogP contribution is 2.19. The summed E-state index contributed by atoms with van der Waals surface area (Å²) < 4.78 is 27.4. The first-order chi connectivity index (χ1) is 10.6. The molecule has 1 atom stereocenters. The first-order valence-corrected chi connectivity index (χ1v) is 9.35.